The summed E-state index contributed by atoms with van der Waals surface area (Å²) in [4.78, 5) is 12.5. The van der Waals surface area contributed by atoms with Gasteiger partial charge in [0.25, 0.3) is 0 Å². The normalized spacial score (nSPS) is 23.7. The van der Waals surface area contributed by atoms with Crippen LogP contribution >= 0.6 is 0 Å². The number of Topliss-reactive ketones (excluding diaryl/α,β-unsaturated/α-hetero) is 1. The van der Waals surface area contributed by atoms with Crippen LogP contribution in [-0.4, -0.2) is 31.2 Å². The monoisotopic (exact) mass is 373 g/mol. The second-order valence-corrected chi connectivity index (χ2v) is 7.87. The zero-order valence-corrected chi connectivity index (χ0v) is 15.1. The van der Waals surface area contributed by atoms with E-state index in [0.717, 1.165) is 12.0 Å². The summed E-state index contributed by atoms with van der Waals surface area (Å²) < 4.78 is 37.5. The number of benzene rings is 2. The van der Waals surface area contributed by atoms with Crippen LogP contribution in [-0.2, 0) is 21.5 Å². The van der Waals surface area contributed by atoms with Crippen molar-refractivity contribution in [3.05, 3.63) is 65.2 Å². The summed E-state index contributed by atoms with van der Waals surface area (Å²) in [5, 5.41) is 0. The molecule has 2 atom stereocenters. The fourth-order valence-corrected chi connectivity index (χ4v) is 4.79. The van der Waals surface area contributed by atoms with Crippen molar-refractivity contribution >= 4 is 16.1 Å². The molecular formula is C19H19NO5S. The highest BCUT2D eigenvalue weighted by Crippen LogP contribution is 2.44. The average Bonchev–Trinajstić information content (AvgIpc) is 3.07. The number of ether oxygens (including phenoxy) is 1. The fraction of sp³-hybridized carbons (Fsp3) is 0.316. The van der Waals surface area contributed by atoms with Gasteiger partial charge >= 0.3 is 10.3 Å². The van der Waals surface area contributed by atoms with E-state index < -0.39 is 22.6 Å². The summed E-state index contributed by atoms with van der Waals surface area (Å²) in [5.74, 6) is 0.168. The maximum atomic E-state index is 12.6. The molecule has 2 aliphatic heterocycles. The highest BCUT2D eigenvalue weighted by atomic mass is 32.2. The maximum Gasteiger partial charge on any atom is 0.388 e. The lowest BCUT2D eigenvalue weighted by Gasteiger charge is -2.32. The molecule has 1 fully saturated rings. The van der Waals surface area contributed by atoms with Crippen LogP contribution < -0.4 is 4.18 Å². The molecular weight excluding hydrogens is 354 g/mol. The molecule has 26 heavy (non-hydrogen) atoms. The van der Waals surface area contributed by atoms with Crippen molar-refractivity contribution in [2.45, 2.75) is 32.0 Å². The first-order valence-electron chi connectivity index (χ1n) is 8.55. The lowest BCUT2D eigenvalue weighted by atomic mass is 10.0. The number of nitrogens with zero attached hydrogens (tertiary/aromatic N) is 1. The molecule has 0 bridgehead atoms. The van der Waals surface area contributed by atoms with Crippen molar-refractivity contribution in [3.63, 3.8) is 0 Å². The zero-order chi connectivity index (χ0) is 18.3. The highest BCUT2D eigenvalue weighted by molar-refractivity contribution is 7.84. The van der Waals surface area contributed by atoms with Gasteiger partial charge in [0.2, 0.25) is 0 Å². The number of rotatable bonds is 4. The third kappa shape index (κ3) is 2.92. The van der Waals surface area contributed by atoms with Gasteiger partial charge in [-0.3, -0.25) is 4.79 Å². The second kappa shape index (κ2) is 6.50. The molecule has 2 aromatic rings. The van der Waals surface area contributed by atoms with E-state index in [0.29, 0.717) is 16.9 Å². The summed E-state index contributed by atoms with van der Waals surface area (Å²) in [6.45, 7) is 2.18. The topological polar surface area (TPSA) is 72.9 Å². The summed E-state index contributed by atoms with van der Waals surface area (Å²) >= 11 is 0. The molecule has 2 aromatic carbocycles. The molecule has 0 saturated carbocycles. The van der Waals surface area contributed by atoms with Crippen molar-refractivity contribution in [1.82, 2.24) is 4.31 Å². The van der Waals surface area contributed by atoms with Gasteiger partial charge in [0.15, 0.2) is 17.8 Å². The molecule has 0 aromatic heterocycles. The van der Waals surface area contributed by atoms with Crippen LogP contribution in [0.3, 0.4) is 0 Å². The van der Waals surface area contributed by atoms with E-state index in [1.54, 1.807) is 30.3 Å². The van der Waals surface area contributed by atoms with Crippen LogP contribution in [0.15, 0.2) is 48.5 Å². The number of hydrogen-bond acceptors (Lipinski definition) is 5. The number of carbonyl (C=O) groups is 1. The Labute approximate surface area is 152 Å². The Kier molecular flexibility index (Phi) is 4.30. The molecule has 136 valence electrons. The summed E-state index contributed by atoms with van der Waals surface area (Å²) in [5.41, 5.74) is 2.31. The molecule has 7 heteroatoms. The fourth-order valence-electron chi connectivity index (χ4n) is 3.42. The smallest absolute Gasteiger partial charge is 0.370 e. The van der Waals surface area contributed by atoms with Crippen LogP contribution in [0.25, 0.3) is 0 Å². The minimum Gasteiger partial charge on any atom is -0.370 e. The van der Waals surface area contributed by atoms with Crippen molar-refractivity contribution in [1.29, 1.82) is 0 Å². The van der Waals surface area contributed by atoms with Crippen LogP contribution in [0.5, 0.6) is 5.75 Å². The molecule has 0 unspecified atom stereocenters. The van der Waals surface area contributed by atoms with Crippen molar-refractivity contribution in [2.75, 3.05) is 6.61 Å². The lowest BCUT2D eigenvalue weighted by molar-refractivity contribution is 0.0573. The second-order valence-electron chi connectivity index (χ2n) is 6.43. The van der Waals surface area contributed by atoms with E-state index in [1.807, 2.05) is 25.1 Å². The van der Waals surface area contributed by atoms with Gasteiger partial charge in [-0.15, -0.1) is 4.31 Å². The predicted molar refractivity (Wildman–Crippen MR) is 95.1 cm³/mol. The molecule has 0 N–H and O–H groups in total. The number of carbonyl (C=O) groups excluding carboxylic acids is 1. The molecule has 1 saturated heterocycles. The van der Waals surface area contributed by atoms with E-state index in [-0.39, 0.29) is 18.8 Å². The summed E-state index contributed by atoms with van der Waals surface area (Å²) in [6.07, 6.45) is 0.123. The Bertz CT molecular complexity index is 942. The van der Waals surface area contributed by atoms with Gasteiger partial charge in [-0.1, -0.05) is 43.3 Å². The Morgan fingerprint density at radius 2 is 1.96 bits per heavy atom. The molecule has 0 radical (unpaired) electrons. The third-order valence-corrected chi connectivity index (χ3v) is 6.15. The molecule has 0 amide bonds. The predicted octanol–water partition coefficient (Wildman–Crippen LogP) is 2.86. The standard InChI is InChI=1S/C19H19NO5S/c1-2-13-8-9-18-16(10-13)19-20(26(22,23)25-18)15(12-24-19)11-17(21)14-6-4-3-5-7-14/h3-10,15,19H,2,11-12H2,1H3/t15-,19+/m1/s1. The van der Waals surface area contributed by atoms with Crippen LogP contribution in [0.2, 0.25) is 0 Å². The molecule has 6 nitrogen and oxygen atoms in total. The molecule has 2 heterocycles. The van der Waals surface area contributed by atoms with Crippen molar-refractivity contribution in [3.8, 4) is 5.75 Å². The van der Waals surface area contributed by atoms with Gasteiger partial charge in [-0.05, 0) is 24.1 Å². The number of ketones is 1. The van der Waals surface area contributed by atoms with Gasteiger partial charge in [-0.25, -0.2) is 0 Å². The van der Waals surface area contributed by atoms with Gasteiger partial charge < -0.3 is 8.92 Å². The minimum atomic E-state index is -4.01. The Hall–Kier alpha value is -2.22. The molecule has 0 aliphatic carbocycles. The number of aryl methyl sites for hydroxylation is 1. The Morgan fingerprint density at radius 3 is 2.69 bits per heavy atom. The maximum absolute atomic E-state index is 12.6. The van der Waals surface area contributed by atoms with Crippen molar-refractivity contribution < 1.29 is 22.1 Å². The van der Waals surface area contributed by atoms with E-state index in [2.05, 4.69) is 0 Å². The zero-order valence-electron chi connectivity index (χ0n) is 14.3. The van der Waals surface area contributed by atoms with Crippen LogP contribution in [0.1, 0.15) is 41.1 Å². The minimum absolute atomic E-state index is 0.0475. The first kappa shape index (κ1) is 17.2. The van der Waals surface area contributed by atoms with E-state index in [9.17, 15) is 13.2 Å². The van der Waals surface area contributed by atoms with E-state index >= 15 is 0 Å². The Morgan fingerprint density at radius 1 is 1.19 bits per heavy atom. The van der Waals surface area contributed by atoms with Crippen LogP contribution in [0, 0.1) is 0 Å². The molecule has 2 aliphatic rings. The molecule has 4 rings (SSSR count). The van der Waals surface area contributed by atoms with Gasteiger partial charge in [-0.2, -0.15) is 8.42 Å². The van der Waals surface area contributed by atoms with Crippen molar-refractivity contribution in [2.24, 2.45) is 0 Å². The van der Waals surface area contributed by atoms with Gasteiger partial charge in [0.05, 0.1) is 12.6 Å². The first-order valence-corrected chi connectivity index (χ1v) is 9.91. The molecule has 0 spiro atoms. The van der Waals surface area contributed by atoms with E-state index in [4.69, 9.17) is 8.92 Å². The SMILES string of the molecule is CCc1ccc2c(c1)[C@@H]1OC[C@@H](CC(=O)c3ccccc3)N1S(=O)(=O)O2. The van der Waals surface area contributed by atoms with Gasteiger partial charge in [0.1, 0.15) is 0 Å². The Balaban J connectivity index is 1.64. The first-order chi connectivity index (χ1) is 12.5. The number of hydrogen-bond donors (Lipinski definition) is 0. The highest BCUT2D eigenvalue weighted by Gasteiger charge is 2.49. The number of fused-ring (bicyclic) bond motifs is 3. The summed E-state index contributed by atoms with van der Waals surface area (Å²) in [6, 6.07) is 13.7. The lowest BCUT2D eigenvalue weighted by Crippen LogP contribution is -2.44. The van der Waals surface area contributed by atoms with Gasteiger partial charge in [0, 0.05) is 17.5 Å². The van der Waals surface area contributed by atoms with Crippen LogP contribution in [0.4, 0.5) is 0 Å². The van der Waals surface area contributed by atoms with E-state index in [1.165, 1.54) is 4.31 Å². The quantitative estimate of drug-likeness (QED) is 0.771. The average molecular weight is 373 g/mol. The largest absolute Gasteiger partial charge is 0.388 e. The third-order valence-electron chi connectivity index (χ3n) is 4.76. The summed E-state index contributed by atoms with van der Waals surface area (Å²) in [7, 11) is -4.01.